The van der Waals surface area contributed by atoms with Gasteiger partial charge in [0.25, 0.3) is 0 Å². The van der Waals surface area contributed by atoms with Gasteiger partial charge in [0.2, 0.25) is 17.7 Å². The Hall–Kier alpha value is -2.77. The van der Waals surface area contributed by atoms with Gasteiger partial charge < -0.3 is 16.4 Å². The highest BCUT2D eigenvalue weighted by molar-refractivity contribution is 6.03. The summed E-state index contributed by atoms with van der Waals surface area (Å²) >= 11 is 0. The van der Waals surface area contributed by atoms with E-state index in [2.05, 4.69) is 30.5 Å². The van der Waals surface area contributed by atoms with Gasteiger partial charge in [0.1, 0.15) is 6.04 Å². The van der Waals surface area contributed by atoms with Crippen LogP contribution in [-0.2, 0) is 14.4 Å². The molecule has 4 N–H and O–H groups in total. The van der Waals surface area contributed by atoms with Gasteiger partial charge in [-0.3, -0.25) is 19.3 Å². The van der Waals surface area contributed by atoms with Gasteiger partial charge in [-0.2, -0.15) is 0 Å². The molecule has 1 unspecified atom stereocenters. The lowest BCUT2D eigenvalue weighted by Crippen LogP contribution is -2.59. The molecule has 3 rings (SSSR count). The molecule has 7 heteroatoms. The molecule has 0 saturated carbocycles. The fraction of sp³-hybridized carbons (Fsp3) is 0.567. The third kappa shape index (κ3) is 7.17. The molecule has 3 amide bonds. The van der Waals surface area contributed by atoms with E-state index in [1.165, 1.54) is 4.90 Å². The average Bonchev–Trinajstić information content (AvgIpc) is 3.43. The van der Waals surface area contributed by atoms with E-state index in [0.29, 0.717) is 38.1 Å². The second kappa shape index (κ2) is 13.7. The van der Waals surface area contributed by atoms with E-state index in [4.69, 9.17) is 5.73 Å². The topological polar surface area (TPSA) is 105 Å². The molecule has 1 fully saturated rings. The minimum Gasteiger partial charge on any atom is -0.368 e. The van der Waals surface area contributed by atoms with Gasteiger partial charge >= 0.3 is 0 Å². The summed E-state index contributed by atoms with van der Waals surface area (Å²) < 4.78 is 0. The molecule has 0 aliphatic carbocycles. The molecule has 7 nitrogen and oxygen atoms in total. The summed E-state index contributed by atoms with van der Waals surface area (Å²) in [7, 11) is 0. The Labute approximate surface area is 221 Å². The summed E-state index contributed by atoms with van der Waals surface area (Å²) in [5.41, 5.74) is 6.98. The summed E-state index contributed by atoms with van der Waals surface area (Å²) in [5, 5.41) is 8.82. The summed E-state index contributed by atoms with van der Waals surface area (Å²) in [5.74, 6) is -1.57. The van der Waals surface area contributed by atoms with E-state index >= 15 is 0 Å². The third-order valence-corrected chi connectivity index (χ3v) is 7.51. The Morgan fingerprint density at radius 2 is 1.78 bits per heavy atom. The van der Waals surface area contributed by atoms with Crippen LogP contribution in [0.25, 0.3) is 10.8 Å². The van der Waals surface area contributed by atoms with Gasteiger partial charge in [-0.05, 0) is 74.0 Å². The van der Waals surface area contributed by atoms with E-state index in [-0.39, 0.29) is 17.7 Å². The van der Waals surface area contributed by atoms with Crippen LogP contribution in [-0.4, -0.2) is 54.3 Å². The lowest BCUT2D eigenvalue weighted by Gasteiger charge is -2.37. The van der Waals surface area contributed by atoms with Crippen molar-refractivity contribution in [2.75, 3.05) is 19.6 Å². The molecule has 1 aliphatic heterocycles. The zero-order chi connectivity index (χ0) is 26.9. The van der Waals surface area contributed by atoms with Crippen LogP contribution >= 0.6 is 0 Å². The van der Waals surface area contributed by atoms with Crippen molar-refractivity contribution in [2.45, 2.75) is 77.8 Å². The lowest BCUT2D eigenvalue weighted by atomic mass is 9.84. The molecule has 2 aromatic carbocycles. The smallest absolute Gasteiger partial charge is 0.247 e. The first kappa shape index (κ1) is 28.8. The van der Waals surface area contributed by atoms with Crippen molar-refractivity contribution in [3.05, 3.63) is 48.0 Å². The number of rotatable bonds is 13. The van der Waals surface area contributed by atoms with Crippen LogP contribution in [0.3, 0.4) is 0 Å². The van der Waals surface area contributed by atoms with Gasteiger partial charge in [-0.15, -0.1) is 0 Å². The van der Waals surface area contributed by atoms with Crippen LogP contribution in [0.1, 0.15) is 71.3 Å². The SMILES string of the molecule is CCC(CC)C(=O)N(C(=O)[C@@H]1CCCN1)[C@@H](C(N)=O)C(CCNCC(C)C)c1ccc2ccccc2c1. The zero-order valence-electron chi connectivity index (χ0n) is 22.8. The Balaban J connectivity index is 2.08. The van der Waals surface area contributed by atoms with Crippen LogP contribution in [0.2, 0.25) is 0 Å². The third-order valence-electron chi connectivity index (χ3n) is 7.51. The first-order valence-electron chi connectivity index (χ1n) is 13.9. The Morgan fingerprint density at radius 1 is 1.08 bits per heavy atom. The van der Waals surface area contributed by atoms with Crippen molar-refractivity contribution in [3.63, 3.8) is 0 Å². The molecule has 1 heterocycles. The monoisotopic (exact) mass is 508 g/mol. The fourth-order valence-electron chi connectivity index (χ4n) is 5.38. The number of carbonyl (C=O) groups excluding carboxylic acids is 3. The van der Waals surface area contributed by atoms with Crippen LogP contribution in [0.4, 0.5) is 0 Å². The molecule has 0 bridgehead atoms. The van der Waals surface area contributed by atoms with Crippen LogP contribution < -0.4 is 16.4 Å². The minimum absolute atomic E-state index is 0.298. The molecule has 202 valence electrons. The van der Waals surface area contributed by atoms with Gasteiger partial charge in [0.05, 0.1) is 6.04 Å². The van der Waals surface area contributed by atoms with Gasteiger partial charge in [-0.25, -0.2) is 0 Å². The fourth-order valence-corrected chi connectivity index (χ4v) is 5.38. The van der Waals surface area contributed by atoms with Gasteiger partial charge in [0, 0.05) is 11.8 Å². The van der Waals surface area contributed by atoms with Gasteiger partial charge in [-0.1, -0.05) is 70.2 Å². The number of primary amides is 1. The summed E-state index contributed by atoms with van der Waals surface area (Å²) in [6.07, 6.45) is 3.26. The van der Waals surface area contributed by atoms with Crippen molar-refractivity contribution >= 4 is 28.5 Å². The number of nitrogens with one attached hydrogen (secondary N) is 2. The van der Waals surface area contributed by atoms with Crippen LogP contribution in [0.15, 0.2) is 42.5 Å². The quantitative estimate of drug-likeness (QED) is 0.355. The van der Waals surface area contributed by atoms with E-state index in [1.54, 1.807) is 0 Å². The number of nitrogens with zero attached hydrogens (tertiary/aromatic N) is 1. The molecule has 0 spiro atoms. The first-order valence-corrected chi connectivity index (χ1v) is 13.9. The number of fused-ring (bicyclic) bond motifs is 1. The molecule has 1 aliphatic rings. The molecule has 1 saturated heterocycles. The average molecular weight is 509 g/mol. The second-order valence-electron chi connectivity index (χ2n) is 10.7. The first-order chi connectivity index (χ1) is 17.8. The van der Waals surface area contributed by atoms with Crippen LogP contribution in [0, 0.1) is 11.8 Å². The number of hydrogen-bond acceptors (Lipinski definition) is 5. The van der Waals surface area contributed by atoms with Crippen molar-refractivity contribution in [1.29, 1.82) is 0 Å². The van der Waals surface area contributed by atoms with E-state index in [1.807, 2.05) is 50.2 Å². The minimum atomic E-state index is -1.06. The standard InChI is InChI=1S/C30H44N4O3/c1-5-21(6-2)29(36)34(30(37)26-12-9-16-33-26)27(28(31)35)25(15-17-32-19-20(3)4)24-14-13-22-10-7-8-11-23(22)18-24/h7-8,10-11,13-14,18,20-21,25-27,32-33H,5-6,9,12,15-17,19H2,1-4H3,(H2,31,35)/t25?,26-,27+/m0/s1. The highest BCUT2D eigenvalue weighted by Gasteiger charge is 2.43. The number of nitrogens with two attached hydrogens (primary N) is 1. The Bertz CT molecular complexity index is 1050. The van der Waals surface area contributed by atoms with Crippen molar-refractivity contribution in [1.82, 2.24) is 15.5 Å². The predicted octanol–water partition coefficient (Wildman–Crippen LogP) is 3.96. The van der Waals surface area contributed by atoms with E-state index in [9.17, 15) is 14.4 Å². The lowest BCUT2D eigenvalue weighted by molar-refractivity contribution is -0.156. The second-order valence-corrected chi connectivity index (χ2v) is 10.7. The molecule has 0 radical (unpaired) electrons. The van der Waals surface area contributed by atoms with Crippen molar-refractivity contribution in [3.8, 4) is 0 Å². The highest BCUT2D eigenvalue weighted by Crippen LogP contribution is 2.32. The predicted molar refractivity (Wildman–Crippen MR) is 149 cm³/mol. The summed E-state index contributed by atoms with van der Waals surface area (Å²) in [4.78, 5) is 42.2. The Morgan fingerprint density at radius 3 is 2.38 bits per heavy atom. The Kier molecular flexibility index (Phi) is 10.6. The number of amides is 3. The van der Waals surface area contributed by atoms with Gasteiger partial charge in [0.15, 0.2) is 0 Å². The largest absolute Gasteiger partial charge is 0.368 e. The molecule has 3 atom stereocenters. The van der Waals surface area contributed by atoms with Crippen LogP contribution in [0.5, 0.6) is 0 Å². The van der Waals surface area contributed by atoms with E-state index in [0.717, 1.165) is 35.8 Å². The summed E-state index contributed by atoms with van der Waals surface area (Å²) in [6, 6.07) is 12.6. The number of imide groups is 1. The van der Waals surface area contributed by atoms with Crippen molar-refractivity contribution in [2.24, 2.45) is 17.6 Å². The number of carbonyl (C=O) groups is 3. The molecular formula is C30H44N4O3. The molecular weight excluding hydrogens is 464 g/mol. The molecule has 0 aromatic heterocycles. The number of benzene rings is 2. The van der Waals surface area contributed by atoms with Crippen molar-refractivity contribution < 1.29 is 14.4 Å². The normalized spacial score (nSPS) is 17.3. The highest BCUT2D eigenvalue weighted by atomic mass is 16.2. The maximum Gasteiger partial charge on any atom is 0.247 e. The maximum atomic E-state index is 13.9. The maximum absolute atomic E-state index is 13.9. The molecule has 37 heavy (non-hydrogen) atoms. The van der Waals surface area contributed by atoms with E-state index < -0.39 is 23.9 Å². The summed E-state index contributed by atoms with van der Waals surface area (Å²) in [6.45, 7) is 10.4. The molecule has 2 aromatic rings. The number of hydrogen-bond donors (Lipinski definition) is 3. The zero-order valence-corrected chi connectivity index (χ0v) is 22.8.